The Labute approximate surface area is 111 Å². The number of rotatable bonds is 7. The number of halogens is 1. The lowest BCUT2D eigenvalue weighted by atomic mass is 9.95. The van der Waals surface area contributed by atoms with Gasteiger partial charge in [0, 0.05) is 11.1 Å². The van der Waals surface area contributed by atoms with Crippen LogP contribution < -0.4 is 5.32 Å². The van der Waals surface area contributed by atoms with E-state index < -0.39 is 0 Å². The van der Waals surface area contributed by atoms with Gasteiger partial charge in [-0.15, -0.1) is 0 Å². The van der Waals surface area contributed by atoms with E-state index in [1.807, 2.05) is 12.1 Å². The molecule has 17 heavy (non-hydrogen) atoms. The average Bonchev–Trinajstić information content (AvgIpc) is 2.29. The Bertz CT molecular complexity index is 324. The lowest BCUT2D eigenvalue weighted by Crippen LogP contribution is -2.28. The quantitative estimate of drug-likeness (QED) is 0.764. The van der Waals surface area contributed by atoms with Gasteiger partial charge in [-0.1, -0.05) is 43.6 Å². The molecule has 0 aliphatic heterocycles. The highest BCUT2D eigenvalue weighted by atomic mass is 35.5. The molecule has 0 aliphatic rings. The molecule has 1 N–H and O–H groups in total. The normalized spacial score (nSPS) is 14.6. The fourth-order valence-corrected chi connectivity index (χ4v) is 2.41. The monoisotopic (exact) mass is 253 g/mol. The Morgan fingerprint density at radius 3 is 2.59 bits per heavy atom. The van der Waals surface area contributed by atoms with Gasteiger partial charge in [-0.2, -0.15) is 0 Å². The minimum Gasteiger partial charge on any atom is -0.314 e. The Balaban J connectivity index is 2.39. The Kier molecular flexibility index (Phi) is 6.61. The van der Waals surface area contributed by atoms with Crippen LogP contribution in [0.4, 0.5) is 0 Å². The molecular weight excluding hydrogens is 230 g/mol. The molecule has 0 aliphatic carbocycles. The summed E-state index contributed by atoms with van der Waals surface area (Å²) in [7, 11) is 0. The maximum atomic E-state index is 6.17. The first-order valence-electron chi connectivity index (χ1n) is 6.60. The zero-order chi connectivity index (χ0) is 12.7. The van der Waals surface area contributed by atoms with E-state index in [1.165, 1.54) is 18.4 Å². The van der Waals surface area contributed by atoms with Crippen molar-refractivity contribution in [3.05, 3.63) is 34.9 Å². The third-order valence-electron chi connectivity index (χ3n) is 3.02. The van der Waals surface area contributed by atoms with Crippen LogP contribution in [-0.2, 0) is 6.42 Å². The molecule has 0 saturated carbocycles. The second kappa shape index (κ2) is 7.73. The van der Waals surface area contributed by atoms with Gasteiger partial charge in [-0.3, -0.25) is 0 Å². The molecule has 1 nitrogen and oxygen atoms in total. The average molecular weight is 254 g/mol. The van der Waals surface area contributed by atoms with Crippen molar-refractivity contribution in [3.8, 4) is 0 Å². The number of hydrogen-bond acceptors (Lipinski definition) is 1. The minimum absolute atomic E-state index is 0.590. The highest BCUT2D eigenvalue weighted by molar-refractivity contribution is 6.31. The molecule has 2 unspecified atom stereocenters. The van der Waals surface area contributed by atoms with Crippen LogP contribution in [0.2, 0.25) is 5.02 Å². The number of nitrogens with one attached hydrogen (secondary N) is 1. The van der Waals surface area contributed by atoms with Crippen molar-refractivity contribution in [2.45, 2.75) is 46.1 Å². The fourth-order valence-electron chi connectivity index (χ4n) is 2.20. The van der Waals surface area contributed by atoms with E-state index >= 15 is 0 Å². The van der Waals surface area contributed by atoms with Gasteiger partial charge >= 0.3 is 0 Å². The molecule has 2 atom stereocenters. The second-order valence-electron chi connectivity index (χ2n) is 4.99. The van der Waals surface area contributed by atoms with E-state index in [0.717, 1.165) is 18.0 Å². The van der Waals surface area contributed by atoms with Gasteiger partial charge in [0.25, 0.3) is 0 Å². The molecule has 0 aromatic heterocycles. The van der Waals surface area contributed by atoms with Gasteiger partial charge in [-0.05, 0) is 50.3 Å². The van der Waals surface area contributed by atoms with Crippen molar-refractivity contribution in [1.29, 1.82) is 0 Å². The Morgan fingerprint density at radius 2 is 1.94 bits per heavy atom. The number of benzene rings is 1. The molecule has 1 rings (SSSR count). The van der Waals surface area contributed by atoms with Crippen LogP contribution in [0.1, 0.15) is 39.2 Å². The van der Waals surface area contributed by atoms with E-state index in [-0.39, 0.29) is 0 Å². The lowest BCUT2D eigenvalue weighted by molar-refractivity contribution is 0.420. The topological polar surface area (TPSA) is 12.0 Å². The maximum absolute atomic E-state index is 6.17. The van der Waals surface area contributed by atoms with Gasteiger partial charge < -0.3 is 5.32 Å². The largest absolute Gasteiger partial charge is 0.314 e. The smallest absolute Gasteiger partial charge is 0.0438 e. The Hall–Kier alpha value is -0.530. The van der Waals surface area contributed by atoms with Crippen LogP contribution in [0.15, 0.2) is 24.3 Å². The van der Waals surface area contributed by atoms with Crippen molar-refractivity contribution in [1.82, 2.24) is 5.32 Å². The predicted molar refractivity (Wildman–Crippen MR) is 76.7 cm³/mol. The molecule has 2 heteroatoms. The summed E-state index contributed by atoms with van der Waals surface area (Å²) in [5, 5.41) is 4.43. The summed E-state index contributed by atoms with van der Waals surface area (Å²) in [4.78, 5) is 0. The first kappa shape index (κ1) is 14.5. The highest BCUT2D eigenvalue weighted by Crippen LogP contribution is 2.20. The predicted octanol–water partition coefficient (Wildman–Crippen LogP) is 4.30. The van der Waals surface area contributed by atoms with E-state index in [2.05, 4.69) is 38.2 Å². The van der Waals surface area contributed by atoms with Crippen LogP contribution in [-0.4, -0.2) is 12.6 Å². The van der Waals surface area contributed by atoms with Crippen LogP contribution in [0, 0.1) is 5.92 Å². The SMILES string of the molecule is CCCNC(C)CC(C)Cc1ccccc1Cl. The van der Waals surface area contributed by atoms with Crippen LogP contribution in [0.25, 0.3) is 0 Å². The van der Waals surface area contributed by atoms with E-state index in [0.29, 0.717) is 12.0 Å². The van der Waals surface area contributed by atoms with Crippen molar-refractivity contribution in [2.75, 3.05) is 6.54 Å². The first-order valence-corrected chi connectivity index (χ1v) is 6.98. The minimum atomic E-state index is 0.590. The molecule has 1 aromatic carbocycles. The summed E-state index contributed by atoms with van der Waals surface area (Å²) < 4.78 is 0. The van der Waals surface area contributed by atoms with Crippen LogP contribution in [0.3, 0.4) is 0 Å². The summed E-state index contributed by atoms with van der Waals surface area (Å²) in [6.45, 7) is 7.87. The molecule has 0 fully saturated rings. The summed E-state index contributed by atoms with van der Waals surface area (Å²) >= 11 is 6.17. The molecule has 0 spiro atoms. The van der Waals surface area contributed by atoms with Crippen LogP contribution >= 0.6 is 11.6 Å². The second-order valence-corrected chi connectivity index (χ2v) is 5.40. The summed E-state index contributed by atoms with van der Waals surface area (Å²) in [6, 6.07) is 8.74. The van der Waals surface area contributed by atoms with Crippen molar-refractivity contribution < 1.29 is 0 Å². The zero-order valence-corrected chi connectivity index (χ0v) is 11.9. The zero-order valence-electron chi connectivity index (χ0n) is 11.2. The molecular formula is C15H24ClN. The molecule has 0 amide bonds. The van der Waals surface area contributed by atoms with E-state index in [4.69, 9.17) is 11.6 Å². The third-order valence-corrected chi connectivity index (χ3v) is 3.39. The fraction of sp³-hybridized carbons (Fsp3) is 0.600. The standard InChI is InChI=1S/C15H24ClN/c1-4-9-17-13(3)10-12(2)11-14-7-5-6-8-15(14)16/h5-8,12-13,17H,4,9-11H2,1-3H3. The molecule has 0 heterocycles. The maximum Gasteiger partial charge on any atom is 0.0438 e. The molecule has 0 bridgehead atoms. The molecule has 0 radical (unpaired) electrons. The van der Waals surface area contributed by atoms with Crippen molar-refractivity contribution >= 4 is 11.6 Å². The molecule has 96 valence electrons. The molecule has 0 saturated heterocycles. The van der Waals surface area contributed by atoms with Gasteiger partial charge in [0.2, 0.25) is 0 Å². The van der Waals surface area contributed by atoms with Crippen molar-refractivity contribution in [2.24, 2.45) is 5.92 Å². The van der Waals surface area contributed by atoms with Gasteiger partial charge in [0.1, 0.15) is 0 Å². The van der Waals surface area contributed by atoms with E-state index in [9.17, 15) is 0 Å². The van der Waals surface area contributed by atoms with Crippen LogP contribution in [0.5, 0.6) is 0 Å². The molecule has 1 aromatic rings. The van der Waals surface area contributed by atoms with Gasteiger partial charge in [0.15, 0.2) is 0 Å². The highest BCUT2D eigenvalue weighted by Gasteiger charge is 2.10. The Morgan fingerprint density at radius 1 is 1.24 bits per heavy atom. The number of hydrogen-bond donors (Lipinski definition) is 1. The van der Waals surface area contributed by atoms with Gasteiger partial charge in [0.05, 0.1) is 0 Å². The summed E-state index contributed by atoms with van der Waals surface area (Å²) in [6.07, 6.45) is 3.46. The van der Waals surface area contributed by atoms with E-state index in [1.54, 1.807) is 0 Å². The first-order chi connectivity index (χ1) is 8.13. The van der Waals surface area contributed by atoms with Crippen molar-refractivity contribution in [3.63, 3.8) is 0 Å². The summed E-state index contributed by atoms with van der Waals surface area (Å²) in [5.74, 6) is 0.661. The lowest BCUT2D eigenvalue weighted by Gasteiger charge is -2.18. The summed E-state index contributed by atoms with van der Waals surface area (Å²) in [5.41, 5.74) is 1.27. The third kappa shape index (κ3) is 5.56. The van der Waals surface area contributed by atoms with Gasteiger partial charge in [-0.25, -0.2) is 0 Å².